The van der Waals surface area contributed by atoms with Gasteiger partial charge in [-0.3, -0.25) is 0 Å². The van der Waals surface area contributed by atoms with Gasteiger partial charge in [-0.25, -0.2) is 0 Å². The number of aryl methyl sites for hydroxylation is 1. The van der Waals surface area contributed by atoms with Crippen molar-refractivity contribution in [3.05, 3.63) is 21.9 Å². The van der Waals surface area contributed by atoms with Crippen molar-refractivity contribution in [2.45, 2.75) is 45.8 Å². The molecule has 0 aromatic carbocycles. The number of hydrogen-bond acceptors (Lipinski definition) is 3. The predicted octanol–water partition coefficient (Wildman–Crippen LogP) is 2.56. The molecule has 1 heterocycles. The van der Waals surface area contributed by atoms with E-state index in [2.05, 4.69) is 31.3 Å². The summed E-state index contributed by atoms with van der Waals surface area (Å²) in [6, 6.07) is 4.35. The van der Waals surface area contributed by atoms with Crippen LogP contribution in [0.4, 0.5) is 0 Å². The van der Waals surface area contributed by atoms with Crippen LogP contribution in [0.5, 0.6) is 0 Å². The zero-order valence-corrected chi connectivity index (χ0v) is 10.4. The summed E-state index contributed by atoms with van der Waals surface area (Å²) in [7, 11) is 0. The van der Waals surface area contributed by atoms with E-state index in [0.29, 0.717) is 6.54 Å². The summed E-state index contributed by atoms with van der Waals surface area (Å²) in [4.78, 5) is 2.79. The van der Waals surface area contributed by atoms with Gasteiger partial charge in [0, 0.05) is 22.8 Å². The van der Waals surface area contributed by atoms with Gasteiger partial charge in [-0.15, -0.1) is 11.3 Å². The predicted molar refractivity (Wildman–Crippen MR) is 66.3 cm³/mol. The third-order valence-corrected chi connectivity index (χ3v) is 3.60. The Hall–Kier alpha value is -0.380. The average molecular weight is 227 g/mol. The highest BCUT2D eigenvalue weighted by Gasteiger charge is 2.02. The highest BCUT2D eigenvalue weighted by Crippen LogP contribution is 2.16. The summed E-state index contributed by atoms with van der Waals surface area (Å²) in [5.41, 5.74) is 0. The molecule has 2 N–H and O–H groups in total. The van der Waals surface area contributed by atoms with E-state index in [0.717, 1.165) is 25.8 Å². The molecule has 1 aromatic rings. The van der Waals surface area contributed by atoms with Crippen molar-refractivity contribution < 1.29 is 5.11 Å². The number of hydrogen-bond donors (Lipinski definition) is 2. The lowest BCUT2D eigenvalue weighted by Crippen LogP contribution is -2.25. The molecule has 3 heteroatoms. The number of aliphatic hydroxyl groups is 1. The normalized spacial score (nSPS) is 13.0. The Bertz CT molecular complexity index is 272. The van der Waals surface area contributed by atoms with Gasteiger partial charge in [0.1, 0.15) is 0 Å². The second-order valence-electron chi connectivity index (χ2n) is 3.79. The van der Waals surface area contributed by atoms with Crippen molar-refractivity contribution in [1.82, 2.24) is 5.32 Å². The Kier molecular flexibility index (Phi) is 5.91. The van der Waals surface area contributed by atoms with Crippen LogP contribution in [0, 0.1) is 0 Å². The molecule has 0 bridgehead atoms. The molecular formula is C12H21NOS. The van der Waals surface area contributed by atoms with Crippen LogP contribution in [-0.2, 0) is 13.0 Å². The first kappa shape index (κ1) is 12.7. The van der Waals surface area contributed by atoms with Crippen LogP contribution in [0.2, 0.25) is 0 Å². The molecule has 0 aliphatic heterocycles. The standard InChI is InChI=1S/C12H21NOS/c1-3-5-10(14)8-13-9-12-7-6-11(4-2)15-12/h6-7,10,13-14H,3-5,8-9H2,1-2H3. The van der Waals surface area contributed by atoms with Gasteiger partial charge >= 0.3 is 0 Å². The van der Waals surface area contributed by atoms with E-state index < -0.39 is 0 Å². The van der Waals surface area contributed by atoms with Crippen LogP contribution in [-0.4, -0.2) is 17.8 Å². The van der Waals surface area contributed by atoms with Gasteiger partial charge in [0.25, 0.3) is 0 Å². The smallest absolute Gasteiger partial charge is 0.0664 e. The maximum absolute atomic E-state index is 9.52. The highest BCUT2D eigenvalue weighted by atomic mass is 32.1. The monoisotopic (exact) mass is 227 g/mol. The molecule has 1 atom stereocenters. The minimum absolute atomic E-state index is 0.194. The van der Waals surface area contributed by atoms with Crippen LogP contribution in [0.1, 0.15) is 36.4 Å². The molecule has 1 rings (SSSR count). The molecule has 0 saturated heterocycles. The molecule has 0 fully saturated rings. The van der Waals surface area contributed by atoms with E-state index in [1.807, 2.05) is 11.3 Å². The minimum atomic E-state index is -0.194. The lowest BCUT2D eigenvalue weighted by Gasteiger charge is -2.09. The number of thiophene rings is 1. The molecule has 15 heavy (non-hydrogen) atoms. The van der Waals surface area contributed by atoms with Crippen LogP contribution in [0.15, 0.2) is 12.1 Å². The second-order valence-corrected chi connectivity index (χ2v) is 5.05. The van der Waals surface area contributed by atoms with E-state index >= 15 is 0 Å². The average Bonchev–Trinajstić information content (AvgIpc) is 2.66. The topological polar surface area (TPSA) is 32.3 Å². The van der Waals surface area contributed by atoms with Gasteiger partial charge in [0.2, 0.25) is 0 Å². The SMILES string of the molecule is CCCC(O)CNCc1ccc(CC)s1. The number of rotatable bonds is 7. The molecule has 1 aromatic heterocycles. The molecule has 2 nitrogen and oxygen atoms in total. The Morgan fingerprint density at radius 3 is 2.67 bits per heavy atom. The molecule has 1 unspecified atom stereocenters. The quantitative estimate of drug-likeness (QED) is 0.750. The Morgan fingerprint density at radius 1 is 1.33 bits per heavy atom. The summed E-state index contributed by atoms with van der Waals surface area (Å²) in [6.07, 6.45) is 2.85. The zero-order chi connectivity index (χ0) is 11.1. The summed E-state index contributed by atoms with van der Waals surface area (Å²) in [5.74, 6) is 0. The van der Waals surface area contributed by atoms with Crippen LogP contribution in [0.25, 0.3) is 0 Å². The third-order valence-electron chi connectivity index (χ3n) is 2.37. The van der Waals surface area contributed by atoms with Crippen LogP contribution < -0.4 is 5.32 Å². The fourth-order valence-corrected chi connectivity index (χ4v) is 2.43. The third kappa shape index (κ3) is 4.78. The second kappa shape index (κ2) is 6.99. The summed E-state index contributed by atoms with van der Waals surface area (Å²) in [6.45, 7) is 5.85. The van der Waals surface area contributed by atoms with E-state index in [1.165, 1.54) is 9.75 Å². The maximum Gasteiger partial charge on any atom is 0.0664 e. The molecule has 0 aliphatic rings. The van der Waals surface area contributed by atoms with Gasteiger partial charge in [0.15, 0.2) is 0 Å². The van der Waals surface area contributed by atoms with Gasteiger partial charge in [0.05, 0.1) is 6.10 Å². The highest BCUT2D eigenvalue weighted by molar-refractivity contribution is 7.11. The van der Waals surface area contributed by atoms with Crippen LogP contribution >= 0.6 is 11.3 Å². The molecule has 86 valence electrons. The fourth-order valence-electron chi connectivity index (χ4n) is 1.50. The first-order valence-corrected chi connectivity index (χ1v) is 6.54. The molecule has 0 amide bonds. The van der Waals surface area contributed by atoms with Crippen molar-refractivity contribution in [3.63, 3.8) is 0 Å². The number of aliphatic hydroxyl groups excluding tert-OH is 1. The molecule has 0 spiro atoms. The van der Waals surface area contributed by atoms with Crippen molar-refractivity contribution in [2.24, 2.45) is 0 Å². The van der Waals surface area contributed by atoms with E-state index in [4.69, 9.17) is 0 Å². The molecular weight excluding hydrogens is 206 g/mol. The zero-order valence-electron chi connectivity index (χ0n) is 9.62. The molecule has 0 saturated carbocycles. The van der Waals surface area contributed by atoms with Gasteiger partial charge < -0.3 is 10.4 Å². The van der Waals surface area contributed by atoms with Gasteiger partial charge in [-0.1, -0.05) is 20.3 Å². The summed E-state index contributed by atoms with van der Waals surface area (Å²) < 4.78 is 0. The van der Waals surface area contributed by atoms with Gasteiger partial charge in [-0.05, 0) is 25.0 Å². The lowest BCUT2D eigenvalue weighted by atomic mass is 10.2. The van der Waals surface area contributed by atoms with E-state index in [1.54, 1.807) is 0 Å². The largest absolute Gasteiger partial charge is 0.392 e. The Labute approximate surface area is 96.3 Å². The molecule has 0 aliphatic carbocycles. The fraction of sp³-hybridized carbons (Fsp3) is 0.667. The van der Waals surface area contributed by atoms with Crippen LogP contribution in [0.3, 0.4) is 0 Å². The minimum Gasteiger partial charge on any atom is -0.392 e. The van der Waals surface area contributed by atoms with E-state index in [9.17, 15) is 5.11 Å². The summed E-state index contributed by atoms with van der Waals surface area (Å²) in [5, 5.41) is 12.8. The Morgan fingerprint density at radius 2 is 2.07 bits per heavy atom. The first-order chi connectivity index (χ1) is 7.26. The molecule has 0 radical (unpaired) electrons. The van der Waals surface area contributed by atoms with Crippen molar-refractivity contribution >= 4 is 11.3 Å². The Balaban J connectivity index is 2.19. The van der Waals surface area contributed by atoms with Crippen molar-refractivity contribution in [2.75, 3.05) is 6.54 Å². The summed E-state index contributed by atoms with van der Waals surface area (Å²) >= 11 is 1.85. The maximum atomic E-state index is 9.52. The first-order valence-electron chi connectivity index (χ1n) is 5.72. The van der Waals surface area contributed by atoms with Gasteiger partial charge in [-0.2, -0.15) is 0 Å². The van der Waals surface area contributed by atoms with Crippen molar-refractivity contribution in [3.8, 4) is 0 Å². The number of nitrogens with one attached hydrogen (secondary N) is 1. The van der Waals surface area contributed by atoms with Crippen molar-refractivity contribution in [1.29, 1.82) is 0 Å². The lowest BCUT2D eigenvalue weighted by molar-refractivity contribution is 0.160. The van der Waals surface area contributed by atoms with E-state index in [-0.39, 0.29) is 6.10 Å².